The highest BCUT2D eigenvalue weighted by atomic mass is 19.1. The number of carbonyl (C=O) groups excluding carboxylic acids is 2. The number of ether oxygens (including phenoxy) is 2. The number of ketones is 1. The van der Waals surface area contributed by atoms with E-state index in [9.17, 15) is 14.0 Å². The van der Waals surface area contributed by atoms with Gasteiger partial charge in [0.1, 0.15) is 5.82 Å². The van der Waals surface area contributed by atoms with Crippen molar-refractivity contribution >= 4 is 34.0 Å². The lowest BCUT2D eigenvalue weighted by atomic mass is 9.73. The molecule has 1 atom stereocenters. The topological polar surface area (TPSA) is 95.7 Å². The molecule has 9 heteroatoms. The van der Waals surface area contributed by atoms with Crippen LogP contribution in [0.1, 0.15) is 43.9 Å². The summed E-state index contributed by atoms with van der Waals surface area (Å²) in [6, 6.07) is 17.4. The van der Waals surface area contributed by atoms with Gasteiger partial charge in [0, 0.05) is 46.9 Å². The number of hydrogen-bond acceptors (Lipinski definition) is 6. The summed E-state index contributed by atoms with van der Waals surface area (Å²) >= 11 is 0. The van der Waals surface area contributed by atoms with Gasteiger partial charge in [-0.3, -0.25) is 9.59 Å². The summed E-state index contributed by atoms with van der Waals surface area (Å²) in [6.45, 7) is 4.55. The second kappa shape index (κ2) is 11.7. The number of nitrogens with one attached hydrogen (secondary N) is 3. The number of amides is 1. The van der Waals surface area contributed by atoms with Gasteiger partial charge >= 0.3 is 0 Å². The van der Waals surface area contributed by atoms with Crippen LogP contribution in [0.3, 0.4) is 0 Å². The summed E-state index contributed by atoms with van der Waals surface area (Å²) < 4.78 is 25.4. The zero-order valence-electron chi connectivity index (χ0n) is 25.4. The van der Waals surface area contributed by atoms with Gasteiger partial charge in [0.2, 0.25) is 5.91 Å². The van der Waals surface area contributed by atoms with Crippen molar-refractivity contribution in [3.8, 4) is 11.5 Å². The van der Waals surface area contributed by atoms with E-state index < -0.39 is 6.04 Å². The van der Waals surface area contributed by atoms with Crippen LogP contribution in [0, 0.1) is 11.2 Å². The van der Waals surface area contributed by atoms with E-state index in [-0.39, 0.29) is 29.5 Å². The number of anilines is 2. The zero-order chi connectivity index (χ0) is 31.0. The SMILES string of the molecule is COc1cccc(C2C3=C(CC(C)(C)CC3=O)Nc3ccccc3N2CC(=O)NCCc2c[nH]c3ccc(F)cc23)c1OC. The van der Waals surface area contributed by atoms with Gasteiger partial charge in [-0.25, -0.2) is 4.39 Å². The van der Waals surface area contributed by atoms with E-state index in [1.54, 1.807) is 20.3 Å². The number of allylic oxidation sites excluding steroid dienone is 1. The Labute approximate surface area is 256 Å². The molecule has 228 valence electrons. The van der Waals surface area contributed by atoms with Gasteiger partial charge in [0.15, 0.2) is 17.3 Å². The molecule has 8 nitrogen and oxygen atoms in total. The summed E-state index contributed by atoms with van der Waals surface area (Å²) in [5, 5.41) is 7.43. The Morgan fingerprint density at radius 1 is 1.07 bits per heavy atom. The molecule has 6 rings (SSSR count). The Morgan fingerprint density at radius 3 is 2.68 bits per heavy atom. The zero-order valence-corrected chi connectivity index (χ0v) is 25.4. The molecule has 0 fully saturated rings. The number of methoxy groups -OCH3 is 2. The molecule has 0 saturated heterocycles. The van der Waals surface area contributed by atoms with Crippen LogP contribution in [-0.2, 0) is 16.0 Å². The molecule has 3 aromatic carbocycles. The van der Waals surface area contributed by atoms with Crippen molar-refractivity contribution in [2.24, 2.45) is 5.41 Å². The maximum atomic E-state index is 14.0. The van der Waals surface area contributed by atoms with Crippen molar-refractivity contribution in [3.63, 3.8) is 0 Å². The Kier molecular flexibility index (Phi) is 7.80. The quantitative estimate of drug-likeness (QED) is 0.221. The first-order valence-electron chi connectivity index (χ1n) is 14.8. The fourth-order valence-electron chi connectivity index (χ4n) is 6.58. The monoisotopic (exact) mass is 596 g/mol. The highest BCUT2D eigenvalue weighted by Crippen LogP contribution is 2.50. The van der Waals surface area contributed by atoms with Crippen molar-refractivity contribution in [1.82, 2.24) is 10.3 Å². The number of H-pyrrole nitrogens is 1. The van der Waals surface area contributed by atoms with Gasteiger partial charge < -0.3 is 30.0 Å². The van der Waals surface area contributed by atoms with E-state index in [2.05, 4.69) is 29.5 Å². The Morgan fingerprint density at radius 2 is 1.89 bits per heavy atom. The molecule has 0 spiro atoms. The molecular formula is C35H37FN4O4. The van der Waals surface area contributed by atoms with Crippen LogP contribution in [0.2, 0.25) is 0 Å². The second-order valence-electron chi connectivity index (χ2n) is 12.2. The average molecular weight is 597 g/mol. The lowest BCUT2D eigenvalue weighted by Gasteiger charge is -2.38. The molecule has 1 unspecified atom stereocenters. The van der Waals surface area contributed by atoms with Crippen molar-refractivity contribution < 1.29 is 23.5 Å². The van der Waals surface area contributed by atoms with Crippen LogP contribution in [-0.4, -0.2) is 44.0 Å². The first-order chi connectivity index (χ1) is 21.2. The van der Waals surface area contributed by atoms with Crippen molar-refractivity contribution in [1.29, 1.82) is 0 Å². The summed E-state index contributed by atoms with van der Waals surface area (Å²) in [5.74, 6) is 0.583. The Bertz CT molecular complexity index is 1780. The lowest BCUT2D eigenvalue weighted by Crippen LogP contribution is -2.42. The van der Waals surface area contributed by atoms with Gasteiger partial charge in [0.05, 0.1) is 38.2 Å². The van der Waals surface area contributed by atoms with Crippen LogP contribution >= 0.6 is 0 Å². The number of carbonyl (C=O) groups is 2. The standard InChI is InChI=1S/C35H37FN4O4/c1-35(2)17-27-32(29(41)18-35)33(23-8-7-11-30(43-3)34(23)44-4)40(28-10-6-5-9-26(28)39-27)20-31(42)37-15-14-21-19-38-25-13-12-22(36)16-24(21)25/h5-13,16,19,33,38-39H,14-15,17-18,20H2,1-4H3,(H,37,42). The Hall–Kier alpha value is -4.79. The molecule has 4 aromatic rings. The fraction of sp³-hybridized carbons (Fsp3) is 0.314. The fourth-order valence-corrected chi connectivity index (χ4v) is 6.58. The van der Waals surface area contributed by atoms with E-state index in [1.165, 1.54) is 12.1 Å². The number of Topliss-reactive ketones (excluding diaryl/α,β-unsaturated/α-hetero) is 1. The summed E-state index contributed by atoms with van der Waals surface area (Å²) in [7, 11) is 3.16. The molecule has 0 saturated carbocycles. The number of benzene rings is 3. The number of rotatable bonds is 8. The molecule has 1 aromatic heterocycles. The van der Waals surface area contributed by atoms with Gasteiger partial charge in [-0.1, -0.05) is 38.1 Å². The van der Waals surface area contributed by atoms with Crippen molar-refractivity contribution in [2.45, 2.75) is 39.2 Å². The first kappa shape index (κ1) is 29.3. The summed E-state index contributed by atoms with van der Waals surface area (Å²) in [4.78, 5) is 32.9. The highest BCUT2D eigenvalue weighted by Gasteiger charge is 2.43. The molecule has 3 N–H and O–H groups in total. The highest BCUT2D eigenvalue weighted by molar-refractivity contribution is 6.02. The molecule has 2 heterocycles. The van der Waals surface area contributed by atoms with Crippen LogP contribution in [0.4, 0.5) is 15.8 Å². The Balaban J connectivity index is 1.38. The molecule has 2 aliphatic rings. The van der Waals surface area contributed by atoms with Gasteiger partial charge in [-0.05, 0) is 60.2 Å². The van der Waals surface area contributed by atoms with Gasteiger partial charge in [-0.2, -0.15) is 0 Å². The number of aromatic nitrogens is 1. The number of nitrogens with zero attached hydrogens (tertiary/aromatic N) is 1. The van der Waals surface area contributed by atoms with Crippen LogP contribution in [0.5, 0.6) is 11.5 Å². The van der Waals surface area contributed by atoms with Crippen LogP contribution in [0.15, 0.2) is 78.1 Å². The van der Waals surface area contributed by atoms with E-state index in [0.29, 0.717) is 42.9 Å². The first-order valence-corrected chi connectivity index (χ1v) is 14.8. The predicted octanol–water partition coefficient (Wildman–Crippen LogP) is 6.30. The van der Waals surface area contributed by atoms with E-state index in [1.807, 2.05) is 53.6 Å². The second-order valence-corrected chi connectivity index (χ2v) is 12.2. The maximum absolute atomic E-state index is 14.0. The van der Waals surface area contributed by atoms with Gasteiger partial charge in [0.25, 0.3) is 0 Å². The van der Waals surface area contributed by atoms with Gasteiger partial charge in [-0.15, -0.1) is 0 Å². The third-order valence-electron chi connectivity index (χ3n) is 8.49. The minimum absolute atomic E-state index is 0.0142. The van der Waals surface area contributed by atoms with Crippen molar-refractivity contribution in [2.75, 3.05) is 37.5 Å². The van der Waals surface area contributed by atoms with Crippen LogP contribution in [0.25, 0.3) is 10.9 Å². The number of aromatic amines is 1. The summed E-state index contributed by atoms with van der Waals surface area (Å²) in [6.07, 6.45) is 3.44. The molecule has 1 aliphatic heterocycles. The molecule has 1 aliphatic carbocycles. The normalized spacial score (nSPS) is 17.4. The average Bonchev–Trinajstić information content (AvgIpc) is 3.33. The number of halogens is 1. The minimum atomic E-state index is -0.614. The number of para-hydroxylation sites is 3. The third-order valence-corrected chi connectivity index (χ3v) is 8.49. The molecule has 1 amide bonds. The van der Waals surface area contributed by atoms with Crippen LogP contribution < -0.4 is 25.0 Å². The van der Waals surface area contributed by atoms with Crippen molar-refractivity contribution in [3.05, 3.63) is 95.1 Å². The minimum Gasteiger partial charge on any atom is -0.493 e. The predicted molar refractivity (Wildman–Crippen MR) is 170 cm³/mol. The van der Waals surface area contributed by atoms with E-state index >= 15 is 0 Å². The lowest BCUT2D eigenvalue weighted by molar-refractivity contribution is -0.120. The largest absolute Gasteiger partial charge is 0.493 e. The van der Waals surface area contributed by atoms with E-state index in [4.69, 9.17) is 9.47 Å². The number of fused-ring (bicyclic) bond motifs is 2. The summed E-state index contributed by atoms with van der Waals surface area (Å²) in [5.41, 5.74) is 5.38. The maximum Gasteiger partial charge on any atom is 0.239 e. The smallest absolute Gasteiger partial charge is 0.239 e. The third kappa shape index (κ3) is 5.50. The molecule has 0 bridgehead atoms. The van der Waals surface area contributed by atoms with E-state index in [0.717, 1.165) is 39.1 Å². The molecule has 44 heavy (non-hydrogen) atoms. The molecular weight excluding hydrogens is 559 g/mol. The molecule has 0 radical (unpaired) electrons. The number of hydrogen-bond donors (Lipinski definition) is 3.